The second kappa shape index (κ2) is 12.8. The van der Waals surface area contributed by atoms with Crippen LogP contribution in [0.1, 0.15) is 45.1 Å². The van der Waals surface area contributed by atoms with E-state index in [1.165, 1.54) is 4.90 Å². The molecule has 1 heterocycles. The highest BCUT2D eigenvalue weighted by atomic mass is 16.3. The minimum Gasteiger partial charge on any atom is -0.507 e. The SMILES string of the molecule is CCC1=C([C@H](O)CC/C(C)=C/c2ccccc2O)[C@H](CO)[C@@H]2C(=O)N(c3ccc(Nc4ccccc4)cc3)C(=O)[C@@H]2C1. The van der Waals surface area contributed by atoms with Crippen LogP contribution in [0.15, 0.2) is 95.6 Å². The Kier molecular flexibility index (Phi) is 8.90. The molecule has 5 rings (SSSR count). The first-order chi connectivity index (χ1) is 20.3. The Bertz CT molecular complexity index is 1500. The molecule has 0 radical (unpaired) electrons. The van der Waals surface area contributed by atoms with Crippen molar-refractivity contribution in [3.63, 3.8) is 0 Å². The highest BCUT2D eigenvalue weighted by Crippen LogP contribution is 2.48. The van der Waals surface area contributed by atoms with Gasteiger partial charge in [0.2, 0.25) is 11.8 Å². The van der Waals surface area contributed by atoms with Gasteiger partial charge in [-0.25, -0.2) is 0 Å². The molecule has 1 aliphatic heterocycles. The lowest BCUT2D eigenvalue weighted by molar-refractivity contribution is -0.123. The van der Waals surface area contributed by atoms with Crippen molar-refractivity contribution < 1.29 is 24.9 Å². The number of hydrogen-bond acceptors (Lipinski definition) is 6. The van der Waals surface area contributed by atoms with Gasteiger partial charge in [0.25, 0.3) is 0 Å². The number of aliphatic hydroxyl groups is 2. The van der Waals surface area contributed by atoms with E-state index in [1.807, 2.05) is 74.5 Å². The third kappa shape index (κ3) is 5.89. The molecule has 3 aromatic rings. The average molecular weight is 567 g/mol. The number of aliphatic hydroxyl groups excluding tert-OH is 2. The topological polar surface area (TPSA) is 110 Å². The van der Waals surface area contributed by atoms with Crippen LogP contribution >= 0.6 is 0 Å². The van der Waals surface area contributed by atoms with Gasteiger partial charge in [0.15, 0.2) is 0 Å². The number of amides is 2. The van der Waals surface area contributed by atoms with Crippen molar-refractivity contribution in [2.75, 3.05) is 16.8 Å². The molecule has 0 spiro atoms. The zero-order valence-corrected chi connectivity index (χ0v) is 24.0. The fraction of sp³-hybridized carbons (Fsp3) is 0.314. The summed E-state index contributed by atoms with van der Waals surface area (Å²) >= 11 is 0. The maximum Gasteiger partial charge on any atom is 0.238 e. The van der Waals surface area contributed by atoms with Crippen molar-refractivity contribution in [3.8, 4) is 5.75 Å². The molecule has 1 aliphatic carbocycles. The van der Waals surface area contributed by atoms with Crippen LogP contribution in [-0.2, 0) is 9.59 Å². The van der Waals surface area contributed by atoms with E-state index >= 15 is 0 Å². The molecule has 2 amide bonds. The second-order valence-corrected chi connectivity index (χ2v) is 11.2. The van der Waals surface area contributed by atoms with E-state index in [-0.39, 0.29) is 24.2 Å². The number of phenolic OH excluding ortho intramolecular Hbond substituents is 1. The number of nitrogens with one attached hydrogen (secondary N) is 1. The summed E-state index contributed by atoms with van der Waals surface area (Å²) in [5.41, 5.74) is 5.61. The summed E-state index contributed by atoms with van der Waals surface area (Å²) in [6.45, 7) is 3.61. The normalized spacial score (nSPS) is 21.5. The summed E-state index contributed by atoms with van der Waals surface area (Å²) in [4.78, 5) is 28.7. The van der Waals surface area contributed by atoms with Gasteiger partial charge in [-0.1, -0.05) is 60.5 Å². The number of rotatable bonds is 10. The molecular formula is C35H38N2O5. The summed E-state index contributed by atoms with van der Waals surface area (Å²) in [7, 11) is 0. The molecule has 3 aromatic carbocycles. The van der Waals surface area contributed by atoms with Crippen molar-refractivity contribution in [2.45, 2.75) is 45.6 Å². The molecule has 1 fully saturated rings. The maximum atomic E-state index is 13.8. The summed E-state index contributed by atoms with van der Waals surface area (Å²) < 4.78 is 0. The zero-order valence-electron chi connectivity index (χ0n) is 24.0. The number of para-hydroxylation sites is 2. The molecule has 2 aliphatic rings. The molecule has 0 bridgehead atoms. The molecule has 7 heteroatoms. The molecule has 7 nitrogen and oxygen atoms in total. The number of carbonyl (C=O) groups excluding carboxylic acids is 2. The molecular weight excluding hydrogens is 528 g/mol. The van der Waals surface area contributed by atoms with E-state index in [4.69, 9.17) is 0 Å². The zero-order chi connectivity index (χ0) is 29.8. The van der Waals surface area contributed by atoms with Crippen molar-refractivity contribution in [1.82, 2.24) is 0 Å². The van der Waals surface area contributed by atoms with E-state index < -0.39 is 23.9 Å². The highest BCUT2D eigenvalue weighted by Gasteiger charge is 2.55. The number of fused-ring (bicyclic) bond motifs is 1. The minimum atomic E-state index is -0.855. The van der Waals surface area contributed by atoms with Gasteiger partial charge in [-0.2, -0.15) is 0 Å². The van der Waals surface area contributed by atoms with Gasteiger partial charge in [0.1, 0.15) is 5.75 Å². The minimum absolute atomic E-state index is 0.197. The van der Waals surface area contributed by atoms with Gasteiger partial charge in [0.05, 0.1) is 30.2 Å². The van der Waals surface area contributed by atoms with Gasteiger partial charge in [-0.15, -0.1) is 0 Å². The third-order valence-corrected chi connectivity index (χ3v) is 8.51. The fourth-order valence-electron chi connectivity index (χ4n) is 6.40. The van der Waals surface area contributed by atoms with Crippen LogP contribution < -0.4 is 10.2 Å². The number of phenols is 1. The smallest absolute Gasteiger partial charge is 0.238 e. The molecule has 1 saturated heterocycles. The van der Waals surface area contributed by atoms with Crippen LogP contribution in [0.5, 0.6) is 5.75 Å². The van der Waals surface area contributed by atoms with E-state index in [0.29, 0.717) is 42.5 Å². The Balaban J connectivity index is 1.33. The van der Waals surface area contributed by atoms with E-state index in [0.717, 1.165) is 22.5 Å². The second-order valence-electron chi connectivity index (χ2n) is 11.2. The maximum absolute atomic E-state index is 13.8. The van der Waals surface area contributed by atoms with Gasteiger partial charge in [0, 0.05) is 22.9 Å². The Labute approximate surface area is 246 Å². The number of allylic oxidation sites excluding steroid dienone is 2. The molecule has 4 atom stereocenters. The first-order valence-electron chi connectivity index (χ1n) is 14.6. The highest BCUT2D eigenvalue weighted by molar-refractivity contribution is 6.22. The van der Waals surface area contributed by atoms with Crippen molar-refractivity contribution in [1.29, 1.82) is 0 Å². The standard InChI is InChI=1S/C35H38N2O5/c1-3-23-20-28-33(29(21-38)32(23)31(40)18-13-22(2)19-24-9-7-8-12-30(24)39)35(42)37(34(28)41)27-16-14-26(15-17-27)36-25-10-5-4-6-11-25/h4-12,14-17,19,28-29,31,33,36,38-40H,3,13,18,20-21H2,1-2H3/b22-19+/t28-,29+,31-,33-/m1/s1. The van der Waals surface area contributed by atoms with Gasteiger partial charge >= 0.3 is 0 Å². The molecule has 0 aromatic heterocycles. The van der Waals surface area contributed by atoms with Crippen LogP contribution in [0.2, 0.25) is 0 Å². The fourth-order valence-corrected chi connectivity index (χ4v) is 6.40. The summed E-state index contributed by atoms with van der Waals surface area (Å²) in [5.74, 6) is -2.30. The summed E-state index contributed by atoms with van der Waals surface area (Å²) in [5, 5.41) is 35.3. The number of anilines is 3. The van der Waals surface area contributed by atoms with Crippen molar-refractivity contribution in [2.24, 2.45) is 17.8 Å². The number of carbonyl (C=O) groups is 2. The largest absolute Gasteiger partial charge is 0.507 e. The summed E-state index contributed by atoms with van der Waals surface area (Å²) in [6, 6.07) is 24.0. The molecule has 0 saturated carbocycles. The Morgan fingerprint density at radius 1 is 0.976 bits per heavy atom. The van der Waals surface area contributed by atoms with Crippen LogP contribution in [0, 0.1) is 17.8 Å². The van der Waals surface area contributed by atoms with E-state index in [1.54, 1.807) is 24.3 Å². The lowest BCUT2D eigenvalue weighted by Gasteiger charge is -2.36. The first-order valence-corrected chi connectivity index (χ1v) is 14.6. The van der Waals surface area contributed by atoms with Crippen LogP contribution in [0.3, 0.4) is 0 Å². The number of aromatic hydroxyl groups is 1. The molecule has 0 unspecified atom stereocenters. The number of hydrogen-bond donors (Lipinski definition) is 4. The van der Waals surface area contributed by atoms with Crippen LogP contribution in [0.25, 0.3) is 6.08 Å². The molecule has 218 valence electrons. The number of imide groups is 1. The Morgan fingerprint density at radius 2 is 1.64 bits per heavy atom. The predicted molar refractivity (Wildman–Crippen MR) is 165 cm³/mol. The first kappa shape index (κ1) is 29.3. The van der Waals surface area contributed by atoms with Crippen LogP contribution in [-0.4, -0.2) is 39.8 Å². The Morgan fingerprint density at radius 3 is 2.31 bits per heavy atom. The van der Waals surface area contributed by atoms with Crippen LogP contribution in [0.4, 0.5) is 17.1 Å². The number of nitrogens with zero attached hydrogens (tertiary/aromatic N) is 1. The van der Waals surface area contributed by atoms with Crippen molar-refractivity contribution >= 4 is 35.0 Å². The molecule has 4 N–H and O–H groups in total. The van der Waals surface area contributed by atoms with Gasteiger partial charge < -0.3 is 20.6 Å². The monoisotopic (exact) mass is 566 g/mol. The number of benzene rings is 3. The van der Waals surface area contributed by atoms with E-state index in [9.17, 15) is 24.9 Å². The average Bonchev–Trinajstić information content (AvgIpc) is 3.25. The third-order valence-electron chi connectivity index (χ3n) is 8.51. The quantitative estimate of drug-likeness (QED) is 0.172. The lowest BCUT2D eigenvalue weighted by atomic mass is 9.67. The van der Waals surface area contributed by atoms with Gasteiger partial charge in [-0.3, -0.25) is 14.5 Å². The Hall–Kier alpha value is -4.20. The molecule has 42 heavy (non-hydrogen) atoms. The summed E-state index contributed by atoms with van der Waals surface area (Å²) in [6.07, 6.45) is 3.04. The van der Waals surface area contributed by atoms with Gasteiger partial charge in [-0.05, 0) is 80.6 Å². The lowest BCUT2D eigenvalue weighted by Crippen LogP contribution is -2.39. The predicted octanol–water partition coefficient (Wildman–Crippen LogP) is 6.20. The van der Waals surface area contributed by atoms with Crippen molar-refractivity contribution in [3.05, 3.63) is 101 Å². The van der Waals surface area contributed by atoms with E-state index in [2.05, 4.69) is 5.32 Å².